The van der Waals surface area contributed by atoms with Crippen LogP contribution in [-0.4, -0.2) is 37.8 Å². The molecule has 0 aliphatic carbocycles. The molecule has 1 atom stereocenters. The Morgan fingerprint density at radius 2 is 2.12 bits per heavy atom. The van der Waals surface area contributed by atoms with Crippen LogP contribution >= 0.6 is 23.4 Å². The van der Waals surface area contributed by atoms with Crippen molar-refractivity contribution >= 4 is 29.3 Å². The van der Waals surface area contributed by atoms with E-state index in [2.05, 4.69) is 5.32 Å². The first-order valence-electron chi connectivity index (χ1n) is 5.21. The number of carbonyl (C=O) groups excluding carboxylic acids is 1. The molecule has 0 aromatic heterocycles. The fraction of sp³-hybridized carbons (Fsp3) is 0.417. The standard InChI is InChI=1S/C12H16ClNO2S/c1-16-8-10(7-13)14-12(15)9-3-5-11(17-2)6-4-9/h3-6,10H,7-8H2,1-2H3,(H,14,15). The molecule has 94 valence electrons. The molecule has 1 aromatic carbocycles. The van der Waals surface area contributed by atoms with Crippen LogP contribution in [-0.2, 0) is 4.74 Å². The lowest BCUT2D eigenvalue weighted by Gasteiger charge is -2.14. The maximum Gasteiger partial charge on any atom is 0.251 e. The molecule has 0 aliphatic rings. The van der Waals surface area contributed by atoms with Crippen LogP contribution in [0.3, 0.4) is 0 Å². The van der Waals surface area contributed by atoms with Gasteiger partial charge in [0, 0.05) is 23.4 Å². The van der Waals surface area contributed by atoms with Gasteiger partial charge in [-0.25, -0.2) is 0 Å². The first-order chi connectivity index (χ1) is 8.21. The molecule has 3 nitrogen and oxygen atoms in total. The highest BCUT2D eigenvalue weighted by atomic mass is 35.5. The van der Waals surface area contributed by atoms with Crippen molar-refractivity contribution in [1.82, 2.24) is 5.32 Å². The van der Waals surface area contributed by atoms with Gasteiger partial charge in [-0.15, -0.1) is 23.4 Å². The van der Waals surface area contributed by atoms with E-state index < -0.39 is 0 Å². The van der Waals surface area contributed by atoms with Crippen molar-refractivity contribution in [2.24, 2.45) is 0 Å². The number of halogens is 1. The average Bonchev–Trinajstić information content (AvgIpc) is 2.38. The third kappa shape index (κ3) is 4.58. The number of amides is 1. The molecule has 0 spiro atoms. The second-order valence-electron chi connectivity index (χ2n) is 3.51. The van der Waals surface area contributed by atoms with Crippen LogP contribution in [0.5, 0.6) is 0 Å². The summed E-state index contributed by atoms with van der Waals surface area (Å²) in [6.45, 7) is 0.415. The molecule has 0 radical (unpaired) electrons. The fourth-order valence-electron chi connectivity index (χ4n) is 1.34. The molecule has 5 heteroatoms. The van der Waals surface area contributed by atoms with Gasteiger partial charge >= 0.3 is 0 Å². The minimum atomic E-state index is -0.158. The third-order valence-corrected chi connectivity index (χ3v) is 3.36. The Kier molecular flexibility index (Phi) is 6.40. The summed E-state index contributed by atoms with van der Waals surface area (Å²) in [5.41, 5.74) is 0.633. The van der Waals surface area contributed by atoms with Gasteiger partial charge in [-0.3, -0.25) is 4.79 Å². The molecule has 0 saturated heterocycles. The van der Waals surface area contributed by atoms with Gasteiger partial charge in [0.1, 0.15) is 0 Å². The Balaban J connectivity index is 2.62. The normalized spacial score (nSPS) is 12.2. The zero-order valence-electron chi connectivity index (χ0n) is 9.90. The topological polar surface area (TPSA) is 38.3 Å². The first kappa shape index (κ1) is 14.4. The highest BCUT2D eigenvalue weighted by Crippen LogP contribution is 2.14. The summed E-state index contributed by atoms with van der Waals surface area (Å²) in [5.74, 6) is 0.211. The van der Waals surface area contributed by atoms with Crippen molar-refractivity contribution in [1.29, 1.82) is 0 Å². The number of carbonyl (C=O) groups is 1. The smallest absolute Gasteiger partial charge is 0.251 e. The summed E-state index contributed by atoms with van der Waals surface area (Å²) in [7, 11) is 1.58. The number of benzene rings is 1. The van der Waals surface area contributed by atoms with Crippen molar-refractivity contribution < 1.29 is 9.53 Å². The van der Waals surface area contributed by atoms with Crippen molar-refractivity contribution in [3.63, 3.8) is 0 Å². The molecule has 0 fully saturated rings. The number of nitrogens with one attached hydrogen (secondary N) is 1. The lowest BCUT2D eigenvalue weighted by molar-refractivity contribution is 0.0907. The van der Waals surface area contributed by atoms with E-state index in [-0.39, 0.29) is 11.9 Å². The predicted molar refractivity (Wildman–Crippen MR) is 72.1 cm³/mol. The van der Waals surface area contributed by atoms with Gasteiger partial charge in [0.15, 0.2) is 0 Å². The molecular formula is C12H16ClNO2S. The Morgan fingerprint density at radius 3 is 2.59 bits per heavy atom. The largest absolute Gasteiger partial charge is 0.383 e. The second kappa shape index (κ2) is 7.58. The minimum Gasteiger partial charge on any atom is -0.383 e. The van der Waals surface area contributed by atoms with Gasteiger partial charge in [0.25, 0.3) is 5.91 Å². The maximum atomic E-state index is 11.9. The molecular weight excluding hydrogens is 258 g/mol. The van der Waals surface area contributed by atoms with Gasteiger partial charge in [0.05, 0.1) is 12.6 Å². The zero-order valence-corrected chi connectivity index (χ0v) is 11.5. The molecule has 1 N–H and O–H groups in total. The molecule has 17 heavy (non-hydrogen) atoms. The molecule has 1 rings (SSSR count). The van der Waals surface area contributed by atoms with E-state index in [1.807, 2.05) is 18.4 Å². The van der Waals surface area contributed by atoms with Crippen molar-refractivity contribution in [2.75, 3.05) is 25.9 Å². The van der Waals surface area contributed by atoms with E-state index in [1.54, 1.807) is 31.0 Å². The van der Waals surface area contributed by atoms with Crippen LogP contribution in [0.25, 0.3) is 0 Å². The zero-order chi connectivity index (χ0) is 12.7. The molecule has 0 bridgehead atoms. The lowest BCUT2D eigenvalue weighted by atomic mass is 10.2. The van der Waals surface area contributed by atoms with Gasteiger partial charge in [-0.1, -0.05) is 0 Å². The summed E-state index contributed by atoms with van der Waals surface area (Å²) in [4.78, 5) is 13.0. The maximum absolute atomic E-state index is 11.9. The van der Waals surface area contributed by atoms with Crippen molar-refractivity contribution in [3.8, 4) is 0 Å². The summed E-state index contributed by atoms with van der Waals surface area (Å²) in [5, 5.41) is 2.82. The molecule has 1 aromatic rings. The Hall–Kier alpha value is -0.710. The Labute approximate surface area is 111 Å². The average molecular weight is 274 g/mol. The quantitative estimate of drug-likeness (QED) is 0.639. The highest BCUT2D eigenvalue weighted by Gasteiger charge is 2.12. The van der Waals surface area contributed by atoms with E-state index >= 15 is 0 Å². The van der Waals surface area contributed by atoms with Gasteiger partial charge in [-0.2, -0.15) is 0 Å². The summed E-state index contributed by atoms with van der Waals surface area (Å²) in [6.07, 6.45) is 2.00. The van der Waals surface area contributed by atoms with E-state index in [4.69, 9.17) is 16.3 Å². The number of thioether (sulfide) groups is 1. The van der Waals surface area contributed by atoms with E-state index in [0.717, 1.165) is 4.90 Å². The van der Waals surface area contributed by atoms with E-state index in [1.165, 1.54) is 0 Å². The molecule has 0 saturated carbocycles. The Bertz CT molecular complexity index is 356. The van der Waals surface area contributed by atoms with Crippen molar-refractivity contribution in [2.45, 2.75) is 10.9 Å². The van der Waals surface area contributed by atoms with Crippen LogP contribution in [0.1, 0.15) is 10.4 Å². The molecule has 1 unspecified atom stereocenters. The number of ether oxygens (including phenoxy) is 1. The highest BCUT2D eigenvalue weighted by molar-refractivity contribution is 7.98. The first-order valence-corrected chi connectivity index (χ1v) is 6.97. The fourth-order valence-corrected chi connectivity index (χ4v) is 1.91. The molecule has 1 amide bonds. The summed E-state index contributed by atoms with van der Waals surface area (Å²) in [6, 6.07) is 7.30. The minimum absolute atomic E-state index is 0.125. The number of hydrogen-bond donors (Lipinski definition) is 1. The molecule has 0 aliphatic heterocycles. The lowest BCUT2D eigenvalue weighted by Crippen LogP contribution is -2.39. The summed E-state index contributed by atoms with van der Waals surface area (Å²) >= 11 is 7.37. The number of methoxy groups -OCH3 is 1. The third-order valence-electron chi connectivity index (χ3n) is 2.24. The Morgan fingerprint density at radius 1 is 1.47 bits per heavy atom. The molecule has 0 heterocycles. The van der Waals surface area contributed by atoms with Crippen LogP contribution in [0.2, 0.25) is 0 Å². The monoisotopic (exact) mass is 273 g/mol. The van der Waals surface area contributed by atoms with Crippen LogP contribution < -0.4 is 5.32 Å². The van der Waals surface area contributed by atoms with Crippen molar-refractivity contribution in [3.05, 3.63) is 29.8 Å². The SMILES string of the molecule is COCC(CCl)NC(=O)c1ccc(SC)cc1. The van der Waals surface area contributed by atoms with E-state index in [0.29, 0.717) is 18.1 Å². The van der Waals surface area contributed by atoms with Crippen LogP contribution in [0.4, 0.5) is 0 Å². The van der Waals surface area contributed by atoms with Crippen LogP contribution in [0, 0.1) is 0 Å². The van der Waals surface area contributed by atoms with E-state index in [9.17, 15) is 4.79 Å². The van der Waals surface area contributed by atoms with Crippen LogP contribution in [0.15, 0.2) is 29.2 Å². The van der Waals surface area contributed by atoms with Gasteiger partial charge in [0.2, 0.25) is 0 Å². The van der Waals surface area contributed by atoms with Gasteiger partial charge < -0.3 is 10.1 Å². The number of rotatable bonds is 6. The second-order valence-corrected chi connectivity index (χ2v) is 4.70. The van der Waals surface area contributed by atoms with Gasteiger partial charge in [-0.05, 0) is 30.5 Å². The predicted octanol–water partition coefficient (Wildman–Crippen LogP) is 2.39. The number of hydrogen-bond acceptors (Lipinski definition) is 3. The summed E-state index contributed by atoms with van der Waals surface area (Å²) < 4.78 is 4.97. The number of alkyl halides is 1.